The summed E-state index contributed by atoms with van der Waals surface area (Å²) < 4.78 is 1.71. The van der Waals surface area contributed by atoms with Gasteiger partial charge in [-0.05, 0) is 43.9 Å². The molecule has 6 heteroatoms. The van der Waals surface area contributed by atoms with Crippen molar-refractivity contribution < 1.29 is 4.79 Å². The summed E-state index contributed by atoms with van der Waals surface area (Å²) in [7, 11) is 0. The van der Waals surface area contributed by atoms with Crippen LogP contribution in [0.5, 0.6) is 0 Å². The second kappa shape index (κ2) is 6.10. The third kappa shape index (κ3) is 3.15. The topological polar surface area (TPSA) is 72.9 Å². The van der Waals surface area contributed by atoms with Crippen LogP contribution < -0.4 is 11.1 Å². The van der Waals surface area contributed by atoms with Crippen LogP contribution in [0.15, 0.2) is 30.5 Å². The Balaban J connectivity index is 1.73. The molecule has 1 saturated carbocycles. The number of benzene rings is 1. The fraction of sp³-hybridized carbons (Fsp3) is 0.375. The maximum absolute atomic E-state index is 12.3. The fourth-order valence-electron chi connectivity index (χ4n) is 2.50. The molecule has 1 atom stereocenters. The van der Waals surface area contributed by atoms with Gasteiger partial charge >= 0.3 is 0 Å². The average molecular weight is 319 g/mol. The summed E-state index contributed by atoms with van der Waals surface area (Å²) in [5.74, 6) is 0.428. The zero-order valence-electron chi connectivity index (χ0n) is 12.4. The maximum atomic E-state index is 12.3. The van der Waals surface area contributed by atoms with Crippen LogP contribution >= 0.6 is 11.6 Å². The number of rotatable bonds is 5. The lowest BCUT2D eigenvalue weighted by Crippen LogP contribution is -2.38. The third-order valence-electron chi connectivity index (χ3n) is 4.03. The zero-order chi connectivity index (χ0) is 15.7. The van der Waals surface area contributed by atoms with E-state index in [0.29, 0.717) is 23.0 Å². The molecular weight excluding hydrogens is 300 g/mol. The summed E-state index contributed by atoms with van der Waals surface area (Å²) in [5, 5.41) is 7.82. The average Bonchev–Trinajstić information content (AvgIpc) is 3.27. The van der Waals surface area contributed by atoms with Crippen molar-refractivity contribution in [3.05, 3.63) is 46.7 Å². The summed E-state index contributed by atoms with van der Waals surface area (Å²) in [6.45, 7) is 2.37. The smallest absolute Gasteiger partial charge is 0.254 e. The molecule has 1 aliphatic rings. The van der Waals surface area contributed by atoms with Gasteiger partial charge < -0.3 is 11.1 Å². The fourth-order valence-corrected chi connectivity index (χ4v) is 2.68. The molecule has 116 valence electrons. The van der Waals surface area contributed by atoms with Gasteiger partial charge in [-0.3, -0.25) is 4.79 Å². The highest BCUT2D eigenvalue weighted by atomic mass is 35.5. The molecular formula is C16H19ClN4O. The largest absolute Gasteiger partial charge is 0.350 e. The van der Waals surface area contributed by atoms with E-state index in [1.807, 2.05) is 25.1 Å². The molecule has 1 heterocycles. The zero-order valence-corrected chi connectivity index (χ0v) is 13.2. The predicted molar refractivity (Wildman–Crippen MR) is 86.3 cm³/mol. The molecule has 1 unspecified atom stereocenters. The van der Waals surface area contributed by atoms with Gasteiger partial charge in [0, 0.05) is 17.6 Å². The Hall–Kier alpha value is -1.85. The predicted octanol–water partition coefficient (Wildman–Crippen LogP) is 2.30. The minimum absolute atomic E-state index is 0.0484. The number of carbonyl (C=O) groups excluding carboxylic acids is 1. The van der Waals surface area contributed by atoms with E-state index in [0.717, 1.165) is 11.4 Å². The Morgan fingerprint density at radius 2 is 2.32 bits per heavy atom. The van der Waals surface area contributed by atoms with Gasteiger partial charge in [-0.2, -0.15) is 5.10 Å². The van der Waals surface area contributed by atoms with Crippen molar-refractivity contribution in [2.75, 3.05) is 6.54 Å². The van der Waals surface area contributed by atoms with E-state index in [4.69, 9.17) is 17.3 Å². The van der Waals surface area contributed by atoms with Crippen LogP contribution in [0, 0.1) is 12.8 Å². The number of halogens is 1. The van der Waals surface area contributed by atoms with Gasteiger partial charge in [0.05, 0.1) is 23.1 Å². The van der Waals surface area contributed by atoms with Gasteiger partial charge in [-0.25, -0.2) is 4.68 Å². The molecule has 0 aliphatic heterocycles. The van der Waals surface area contributed by atoms with Crippen molar-refractivity contribution in [2.45, 2.75) is 25.8 Å². The van der Waals surface area contributed by atoms with Crippen LogP contribution in [0.1, 0.15) is 28.9 Å². The minimum atomic E-state index is -0.137. The summed E-state index contributed by atoms with van der Waals surface area (Å²) in [6, 6.07) is 7.42. The summed E-state index contributed by atoms with van der Waals surface area (Å²) in [6.07, 6.45) is 3.92. The van der Waals surface area contributed by atoms with Crippen molar-refractivity contribution in [2.24, 2.45) is 11.7 Å². The van der Waals surface area contributed by atoms with E-state index in [1.54, 1.807) is 16.9 Å². The molecule has 5 nitrogen and oxygen atoms in total. The highest BCUT2D eigenvalue weighted by Gasteiger charge is 2.28. The molecule has 3 rings (SSSR count). The van der Waals surface area contributed by atoms with Crippen LogP contribution in [0.4, 0.5) is 0 Å². The van der Waals surface area contributed by atoms with Gasteiger partial charge in [-0.1, -0.05) is 17.7 Å². The number of nitrogens with zero attached hydrogens (tertiary/aromatic N) is 2. The monoisotopic (exact) mass is 318 g/mol. The third-order valence-corrected chi connectivity index (χ3v) is 4.27. The van der Waals surface area contributed by atoms with Crippen LogP contribution in [-0.2, 0) is 0 Å². The second-order valence-electron chi connectivity index (χ2n) is 5.75. The van der Waals surface area contributed by atoms with Crippen LogP contribution in [0.2, 0.25) is 5.02 Å². The van der Waals surface area contributed by atoms with Crippen LogP contribution in [-0.4, -0.2) is 28.3 Å². The van der Waals surface area contributed by atoms with Crippen molar-refractivity contribution in [1.29, 1.82) is 0 Å². The molecule has 2 aromatic rings. The molecule has 3 N–H and O–H groups in total. The minimum Gasteiger partial charge on any atom is -0.350 e. The molecule has 1 aliphatic carbocycles. The van der Waals surface area contributed by atoms with Gasteiger partial charge in [0.15, 0.2) is 0 Å². The molecule has 1 aromatic carbocycles. The van der Waals surface area contributed by atoms with Crippen LogP contribution in [0.3, 0.4) is 0 Å². The number of nitrogens with one attached hydrogen (secondary N) is 1. The molecule has 1 aromatic heterocycles. The molecule has 1 fully saturated rings. The van der Waals surface area contributed by atoms with E-state index in [-0.39, 0.29) is 11.9 Å². The second-order valence-corrected chi connectivity index (χ2v) is 6.18. The first-order chi connectivity index (χ1) is 10.6. The number of hydrogen-bond acceptors (Lipinski definition) is 3. The maximum Gasteiger partial charge on any atom is 0.254 e. The molecule has 22 heavy (non-hydrogen) atoms. The lowest BCUT2D eigenvalue weighted by atomic mass is 10.2. The molecule has 0 saturated heterocycles. The van der Waals surface area contributed by atoms with Gasteiger partial charge in [0.25, 0.3) is 5.91 Å². The Labute approximate surface area is 134 Å². The Morgan fingerprint density at radius 1 is 1.55 bits per heavy atom. The SMILES string of the molecule is Cc1c(C(=O)NCC(N)C2CC2)cnn1-c1cccc(Cl)c1. The molecule has 0 spiro atoms. The van der Waals surface area contributed by atoms with E-state index < -0.39 is 0 Å². The Kier molecular flexibility index (Phi) is 4.18. The number of carbonyl (C=O) groups is 1. The van der Waals surface area contributed by atoms with Crippen molar-refractivity contribution in [1.82, 2.24) is 15.1 Å². The Bertz CT molecular complexity index is 693. The van der Waals surface area contributed by atoms with Gasteiger partial charge in [0.1, 0.15) is 0 Å². The highest BCUT2D eigenvalue weighted by molar-refractivity contribution is 6.30. The van der Waals surface area contributed by atoms with E-state index in [1.165, 1.54) is 12.8 Å². The molecule has 0 bridgehead atoms. The highest BCUT2D eigenvalue weighted by Crippen LogP contribution is 2.31. The van der Waals surface area contributed by atoms with E-state index in [9.17, 15) is 4.79 Å². The first-order valence-corrected chi connectivity index (χ1v) is 7.78. The van der Waals surface area contributed by atoms with Crippen LogP contribution in [0.25, 0.3) is 5.69 Å². The Morgan fingerprint density at radius 3 is 3.00 bits per heavy atom. The lowest BCUT2D eigenvalue weighted by Gasteiger charge is -2.11. The van der Waals surface area contributed by atoms with E-state index >= 15 is 0 Å². The number of nitrogens with two attached hydrogens (primary N) is 1. The van der Waals surface area contributed by atoms with Gasteiger partial charge in [-0.15, -0.1) is 0 Å². The number of amides is 1. The van der Waals surface area contributed by atoms with Crippen molar-refractivity contribution >= 4 is 17.5 Å². The first kappa shape index (κ1) is 15.1. The van der Waals surface area contributed by atoms with Crippen molar-refractivity contribution in [3.8, 4) is 5.69 Å². The number of hydrogen-bond donors (Lipinski definition) is 2. The van der Waals surface area contributed by atoms with E-state index in [2.05, 4.69) is 10.4 Å². The molecule has 1 amide bonds. The molecule has 0 radical (unpaired) electrons. The number of aromatic nitrogens is 2. The van der Waals surface area contributed by atoms with Crippen molar-refractivity contribution in [3.63, 3.8) is 0 Å². The summed E-state index contributed by atoms with van der Waals surface area (Å²) >= 11 is 6.00. The quantitative estimate of drug-likeness (QED) is 0.888. The lowest BCUT2D eigenvalue weighted by molar-refractivity contribution is 0.0949. The first-order valence-electron chi connectivity index (χ1n) is 7.40. The van der Waals surface area contributed by atoms with Gasteiger partial charge in [0.2, 0.25) is 0 Å². The summed E-state index contributed by atoms with van der Waals surface area (Å²) in [5.41, 5.74) is 8.17. The summed E-state index contributed by atoms with van der Waals surface area (Å²) in [4.78, 5) is 12.3. The normalized spacial score (nSPS) is 15.6. The standard InChI is InChI=1S/C16H19ClN4O/c1-10-14(16(22)19-9-15(18)11-5-6-11)8-20-21(10)13-4-2-3-12(17)7-13/h2-4,7-8,11,15H,5-6,9,18H2,1H3,(H,19,22).